The third-order valence-corrected chi connectivity index (χ3v) is 3.09. The third-order valence-electron chi connectivity index (χ3n) is 3.09. The number of hydrogen-bond donors (Lipinski definition) is 2. The summed E-state index contributed by atoms with van der Waals surface area (Å²) in [5.74, 6) is 0. The van der Waals surface area contributed by atoms with E-state index in [1.54, 1.807) is 6.20 Å². The first-order chi connectivity index (χ1) is 10.3. The first-order valence-corrected chi connectivity index (χ1v) is 7.25. The molecule has 1 heterocycles. The highest BCUT2D eigenvalue weighted by atomic mass is 16.5. The summed E-state index contributed by atoms with van der Waals surface area (Å²) in [6.07, 6.45) is 2.16. The monoisotopic (exact) mass is 286 g/mol. The highest BCUT2D eigenvalue weighted by molar-refractivity contribution is 5.13. The zero-order chi connectivity index (χ0) is 14.8. The minimum absolute atomic E-state index is 0.339. The quantitative estimate of drug-likeness (QED) is 0.690. The molecule has 0 saturated carbocycles. The topological polar surface area (TPSA) is 54.4 Å². The van der Waals surface area contributed by atoms with Crippen molar-refractivity contribution in [2.75, 3.05) is 19.7 Å². The molecule has 112 valence electrons. The van der Waals surface area contributed by atoms with Crippen LogP contribution in [0.25, 0.3) is 0 Å². The lowest BCUT2D eigenvalue weighted by Gasteiger charge is -2.12. The van der Waals surface area contributed by atoms with Gasteiger partial charge in [-0.2, -0.15) is 0 Å². The van der Waals surface area contributed by atoms with Crippen LogP contribution < -0.4 is 5.32 Å². The minimum atomic E-state index is -0.488. The number of ether oxygens (including phenoxy) is 1. The molecule has 0 saturated heterocycles. The summed E-state index contributed by atoms with van der Waals surface area (Å²) in [6, 6.07) is 15.8. The zero-order valence-electron chi connectivity index (χ0n) is 12.1. The summed E-state index contributed by atoms with van der Waals surface area (Å²) >= 11 is 0. The largest absolute Gasteiger partial charge is 0.389 e. The van der Waals surface area contributed by atoms with E-state index < -0.39 is 6.10 Å². The molecule has 1 aromatic carbocycles. The van der Waals surface area contributed by atoms with E-state index in [1.807, 2.05) is 48.5 Å². The summed E-state index contributed by atoms with van der Waals surface area (Å²) in [5, 5.41) is 13.0. The summed E-state index contributed by atoms with van der Waals surface area (Å²) in [5.41, 5.74) is 2.17. The van der Waals surface area contributed by atoms with Gasteiger partial charge in [0, 0.05) is 31.4 Å². The maximum absolute atomic E-state index is 9.82. The number of aromatic nitrogens is 1. The van der Waals surface area contributed by atoms with E-state index in [9.17, 15) is 5.11 Å². The lowest BCUT2D eigenvalue weighted by Crippen LogP contribution is -2.31. The molecule has 0 aliphatic heterocycles. The molecule has 0 spiro atoms. The van der Waals surface area contributed by atoms with Crippen molar-refractivity contribution in [2.24, 2.45) is 0 Å². The van der Waals surface area contributed by atoms with Gasteiger partial charge in [0.1, 0.15) is 0 Å². The Labute approximate surface area is 125 Å². The van der Waals surface area contributed by atoms with Crippen LogP contribution in [0, 0.1) is 0 Å². The van der Waals surface area contributed by atoms with E-state index in [0.717, 1.165) is 24.2 Å². The van der Waals surface area contributed by atoms with Crippen molar-refractivity contribution >= 4 is 0 Å². The summed E-state index contributed by atoms with van der Waals surface area (Å²) < 4.78 is 5.49. The number of aliphatic hydroxyl groups excluding tert-OH is 1. The number of nitrogens with one attached hydrogen (secondary N) is 1. The molecule has 2 rings (SSSR count). The SMILES string of the molecule is OC(CNCCc1ccccn1)COCc1ccccc1. The molecular weight excluding hydrogens is 264 g/mol. The van der Waals surface area contributed by atoms with Crippen molar-refractivity contribution in [3.63, 3.8) is 0 Å². The normalized spacial score (nSPS) is 12.2. The first-order valence-electron chi connectivity index (χ1n) is 7.25. The molecule has 0 aliphatic rings. The number of benzene rings is 1. The Morgan fingerprint density at radius 2 is 1.90 bits per heavy atom. The molecule has 4 heteroatoms. The van der Waals surface area contributed by atoms with E-state index in [-0.39, 0.29) is 0 Å². The van der Waals surface area contributed by atoms with Gasteiger partial charge in [-0.15, -0.1) is 0 Å². The Bertz CT molecular complexity index is 491. The Morgan fingerprint density at radius 3 is 2.67 bits per heavy atom. The molecule has 0 amide bonds. The smallest absolute Gasteiger partial charge is 0.0897 e. The third kappa shape index (κ3) is 6.49. The van der Waals surface area contributed by atoms with Crippen molar-refractivity contribution in [3.05, 3.63) is 66.0 Å². The van der Waals surface area contributed by atoms with Crippen LogP contribution in [0.3, 0.4) is 0 Å². The van der Waals surface area contributed by atoms with Crippen LogP contribution in [0.2, 0.25) is 0 Å². The van der Waals surface area contributed by atoms with E-state index in [4.69, 9.17) is 4.74 Å². The Balaban J connectivity index is 1.52. The number of nitrogens with zero attached hydrogens (tertiary/aromatic N) is 1. The highest BCUT2D eigenvalue weighted by Crippen LogP contribution is 2.00. The van der Waals surface area contributed by atoms with Crippen LogP contribution in [-0.4, -0.2) is 35.9 Å². The molecule has 2 aromatic rings. The average molecular weight is 286 g/mol. The van der Waals surface area contributed by atoms with Gasteiger partial charge in [-0.05, 0) is 17.7 Å². The summed E-state index contributed by atoms with van der Waals surface area (Å²) in [7, 11) is 0. The van der Waals surface area contributed by atoms with Gasteiger partial charge in [-0.1, -0.05) is 36.4 Å². The van der Waals surface area contributed by atoms with Crippen molar-refractivity contribution in [1.29, 1.82) is 0 Å². The molecule has 0 fully saturated rings. The first kappa shape index (κ1) is 15.6. The van der Waals surface area contributed by atoms with E-state index in [1.165, 1.54) is 0 Å². The van der Waals surface area contributed by atoms with Gasteiger partial charge < -0.3 is 15.2 Å². The Hall–Kier alpha value is -1.75. The van der Waals surface area contributed by atoms with Crippen molar-refractivity contribution in [1.82, 2.24) is 10.3 Å². The minimum Gasteiger partial charge on any atom is -0.389 e. The fraction of sp³-hybridized carbons (Fsp3) is 0.353. The summed E-state index contributed by atoms with van der Waals surface area (Å²) in [4.78, 5) is 4.25. The van der Waals surface area contributed by atoms with Crippen LogP contribution >= 0.6 is 0 Å². The van der Waals surface area contributed by atoms with Crippen LogP contribution in [0.4, 0.5) is 0 Å². The van der Waals surface area contributed by atoms with Crippen LogP contribution in [-0.2, 0) is 17.8 Å². The number of pyridine rings is 1. The maximum atomic E-state index is 9.82. The van der Waals surface area contributed by atoms with Crippen LogP contribution in [0.1, 0.15) is 11.3 Å². The van der Waals surface area contributed by atoms with Gasteiger partial charge in [0.2, 0.25) is 0 Å². The molecule has 1 aromatic heterocycles. The zero-order valence-corrected chi connectivity index (χ0v) is 12.1. The van der Waals surface area contributed by atoms with Gasteiger partial charge in [0.25, 0.3) is 0 Å². The highest BCUT2D eigenvalue weighted by Gasteiger charge is 2.04. The summed E-state index contributed by atoms with van der Waals surface area (Å²) in [6.45, 7) is 2.20. The van der Waals surface area contributed by atoms with E-state index in [2.05, 4.69) is 10.3 Å². The van der Waals surface area contributed by atoms with Crippen molar-refractivity contribution in [2.45, 2.75) is 19.1 Å². The van der Waals surface area contributed by atoms with E-state index >= 15 is 0 Å². The molecule has 21 heavy (non-hydrogen) atoms. The lowest BCUT2D eigenvalue weighted by atomic mass is 10.2. The van der Waals surface area contributed by atoms with Gasteiger partial charge in [0.15, 0.2) is 0 Å². The fourth-order valence-corrected chi connectivity index (χ4v) is 1.98. The van der Waals surface area contributed by atoms with Crippen LogP contribution in [0.15, 0.2) is 54.7 Å². The second-order valence-electron chi connectivity index (χ2n) is 4.93. The second kappa shape index (κ2) is 9.23. The van der Waals surface area contributed by atoms with Crippen LogP contribution in [0.5, 0.6) is 0 Å². The molecular formula is C17H22N2O2. The van der Waals surface area contributed by atoms with Gasteiger partial charge in [-0.3, -0.25) is 4.98 Å². The number of aliphatic hydroxyl groups is 1. The molecule has 0 bridgehead atoms. The predicted molar refractivity (Wildman–Crippen MR) is 82.9 cm³/mol. The molecule has 1 unspecified atom stereocenters. The molecule has 1 atom stereocenters. The van der Waals surface area contributed by atoms with Gasteiger partial charge >= 0.3 is 0 Å². The van der Waals surface area contributed by atoms with Gasteiger partial charge in [-0.25, -0.2) is 0 Å². The Morgan fingerprint density at radius 1 is 1.10 bits per heavy atom. The molecule has 2 N–H and O–H groups in total. The van der Waals surface area contributed by atoms with Crippen molar-refractivity contribution < 1.29 is 9.84 Å². The lowest BCUT2D eigenvalue weighted by molar-refractivity contribution is 0.0290. The van der Waals surface area contributed by atoms with E-state index in [0.29, 0.717) is 19.8 Å². The fourth-order valence-electron chi connectivity index (χ4n) is 1.98. The average Bonchev–Trinajstić information content (AvgIpc) is 2.54. The standard InChI is InChI=1S/C17H22N2O2/c20-17(14-21-13-15-6-2-1-3-7-15)12-18-11-9-16-8-4-5-10-19-16/h1-8,10,17-18,20H,9,11-14H2. The second-order valence-corrected chi connectivity index (χ2v) is 4.93. The molecule has 0 aliphatic carbocycles. The van der Waals surface area contributed by atoms with Crippen molar-refractivity contribution in [3.8, 4) is 0 Å². The predicted octanol–water partition coefficient (Wildman–Crippen LogP) is 1.79. The Kier molecular flexibility index (Phi) is 6.88. The maximum Gasteiger partial charge on any atom is 0.0897 e. The molecule has 0 radical (unpaired) electrons. The molecule has 4 nitrogen and oxygen atoms in total. The number of rotatable bonds is 9. The number of hydrogen-bond acceptors (Lipinski definition) is 4. The van der Waals surface area contributed by atoms with Gasteiger partial charge in [0.05, 0.1) is 19.3 Å².